The minimum atomic E-state index is 0.227. The van der Waals surface area contributed by atoms with E-state index in [-0.39, 0.29) is 5.78 Å². The number of thiophene rings is 1. The average Bonchev–Trinajstić information content (AvgIpc) is 2.81. The van der Waals surface area contributed by atoms with Crippen LogP contribution in [-0.4, -0.2) is 5.78 Å². The summed E-state index contributed by atoms with van der Waals surface area (Å²) in [5, 5.41) is 0. The van der Waals surface area contributed by atoms with Gasteiger partial charge in [0.15, 0.2) is 5.78 Å². The van der Waals surface area contributed by atoms with Gasteiger partial charge in [-0.3, -0.25) is 4.79 Å². The molecule has 2 aromatic rings. The van der Waals surface area contributed by atoms with Crippen molar-refractivity contribution in [3.63, 3.8) is 0 Å². The van der Waals surface area contributed by atoms with Crippen LogP contribution < -0.4 is 0 Å². The summed E-state index contributed by atoms with van der Waals surface area (Å²) in [6, 6.07) is 10.4. The molecule has 1 aromatic heterocycles. The van der Waals surface area contributed by atoms with E-state index < -0.39 is 0 Å². The second kappa shape index (κ2) is 4.84. The van der Waals surface area contributed by atoms with Gasteiger partial charge in [-0.15, -0.1) is 11.3 Å². The van der Waals surface area contributed by atoms with Gasteiger partial charge in [0.1, 0.15) is 0 Å². The number of Topliss-reactive ketones (excluding diaryl/α,β-unsaturated/α-hetero) is 1. The summed E-state index contributed by atoms with van der Waals surface area (Å²) in [6.45, 7) is 6.13. The molecular formula is C15H16OS. The largest absolute Gasteiger partial charge is 0.293 e. The van der Waals surface area contributed by atoms with E-state index in [2.05, 4.69) is 32.0 Å². The predicted molar refractivity (Wildman–Crippen MR) is 73.9 cm³/mol. The van der Waals surface area contributed by atoms with Crippen molar-refractivity contribution in [2.24, 2.45) is 0 Å². The molecule has 0 N–H and O–H groups in total. The standard InChI is InChI=1S/C15H16OS/c1-4-13(16)15-8-7-14(17-15)12-6-5-10(2)11(3)9-12/h5-9H,4H2,1-3H3. The highest BCUT2D eigenvalue weighted by Gasteiger charge is 2.08. The number of carbonyl (C=O) groups excluding carboxylic acids is 1. The van der Waals surface area contributed by atoms with Gasteiger partial charge in [0.25, 0.3) is 0 Å². The van der Waals surface area contributed by atoms with E-state index in [1.165, 1.54) is 21.6 Å². The Morgan fingerprint density at radius 2 is 1.88 bits per heavy atom. The Kier molecular flexibility index (Phi) is 3.43. The molecule has 88 valence electrons. The molecule has 1 heterocycles. The molecule has 0 unspecified atom stereocenters. The van der Waals surface area contributed by atoms with Crippen LogP contribution >= 0.6 is 11.3 Å². The van der Waals surface area contributed by atoms with Crippen molar-refractivity contribution in [3.05, 3.63) is 46.3 Å². The van der Waals surface area contributed by atoms with Gasteiger partial charge >= 0.3 is 0 Å². The molecular weight excluding hydrogens is 228 g/mol. The number of ketones is 1. The van der Waals surface area contributed by atoms with E-state index in [1.54, 1.807) is 11.3 Å². The molecule has 0 fully saturated rings. The summed E-state index contributed by atoms with van der Waals surface area (Å²) in [7, 11) is 0. The van der Waals surface area contributed by atoms with E-state index in [1.807, 2.05) is 19.1 Å². The fourth-order valence-corrected chi connectivity index (χ4v) is 2.72. The second-order valence-electron chi connectivity index (χ2n) is 4.24. The van der Waals surface area contributed by atoms with Crippen LogP contribution in [0, 0.1) is 13.8 Å². The number of rotatable bonds is 3. The summed E-state index contributed by atoms with van der Waals surface area (Å²) in [5.41, 5.74) is 3.79. The molecule has 1 nitrogen and oxygen atoms in total. The van der Waals surface area contributed by atoms with Crippen molar-refractivity contribution in [2.45, 2.75) is 27.2 Å². The molecule has 1 aromatic carbocycles. The van der Waals surface area contributed by atoms with Gasteiger partial charge in [-0.1, -0.05) is 25.1 Å². The third kappa shape index (κ3) is 2.47. The summed E-state index contributed by atoms with van der Waals surface area (Å²) in [6.07, 6.45) is 0.576. The van der Waals surface area contributed by atoms with Gasteiger partial charge in [0.05, 0.1) is 4.88 Å². The predicted octanol–water partition coefficient (Wildman–Crippen LogP) is 4.62. The van der Waals surface area contributed by atoms with Gasteiger partial charge in [-0.25, -0.2) is 0 Å². The zero-order valence-electron chi connectivity index (χ0n) is 10.4. The Bertz CT molecular complexity index is 552. The van der Waals surface area contributed by atoms with Crippen LogP contribution in [0.15, 0.2) is 30.3 Å². The molecule has 2 heteroatoms. The monoisotopic (exact) mass is 244 g/mol. The fourth-order valence-electron chi connectivity index (χ4n) is 1.71. The first kappa shape index (κ1) is 12.1. The van der Waals surface area contributed by atoms with E-state index >= 15 is 0 Å². The third-order valence-electron chi connectivity index (χ3n) is 2.99. The first-order valence-corrected chi connectivity index (χ1v) is 6.64. The van der Waals surface area contributed by atoms with Crippen molar-refractivity contribution >= 4 is 17.1 Å². The van der Waals surface area contributed by atoms with Crippen LogP contribution in [0.4, 0.5) is 0 Å². The van der Waals surface area contributed by atoms with Gasteiger partial charge in [0.2, 0.25) is 0 Å². The summed E-state index contributed by atoms with van der Waals surface area (Å²) in [4.78, 5) is 13.6. The molecule has 0 radical (unpaired) electrons. The fraction of sp³-hybridized carbons (Fsp3) is 0.267. The SMILES string of the molecule is CCC(=O)c1ccc(-c2ccc(C)c(C)c2)s1. The van der Waals surface area contributed by atoms with Crippen LogP contribution in [0.3, 0.4) is 0 Å². The smallest absolute Gasteiger partial charge is 0.172 e. The number of benzene rings is 1. The van der Waals surface area contributed by atoms with Crippen LogP contribution in [0.25, 0.3) is 10.4 Å². The zero-order valence-corrected chi connectivity index (χ0v) is 11.2. The molecule has 17 heavy (non-hydrogen) atoms. The van der Waals surface area contributed by atoms with Gasteiger partial charge < -0.3 is 0 Å². The van der Waals surface area contributed by atoms with Crippen molar-refractivity contribution in [3.8, 4) is 10.4 Å². The quantitative estimate of drug-likeness (QED) is 0.720. The summed E-state index contributed by atoms with van der Waals surface area (Å²) in [5.74, 6) is 0.227. The first-order valence-electron chi connectivity index (χ1n) is 5.82. The van der Waals surface area contributed by atoms with E-state index in [4.69, 9.17) is 0 Å². The number of hydrogen-bond acceptors (Lipinski definition) is 2. The minimum Gasteiger partial charge on any atom is -0.293 e. The van der Waals surface area contributed by atoms with Crippen LogP contribution in [0.2, 0.25) is 0 Å². The Morgan fingerprint density at radius 3 is 2.53 bits per heavy atom. The topological polar surface area (TPSA) is 17.1 Å². The molecule has 0 bridgehead atoms. The lowest BCUT2D eigenvalue weighted by Crippen LogP contribution is -1.90. The van der Waals surface area contributed by atoms with Gasteiger partial charge in [-0.2, -0.15) is 0 Å². The van der Waals surface area contributed by atoms with Gasteiger partial charge in [-0.05, 0) is 42.7 Å². The highest BCUT2D eigenvalue weighted by Crippen LogP contribution is 2.29. The lowest BCUT2D eigenvalue weighted by atomic mass is 10.1. The van der Waals surface area contributed by atoms with Crippen molar-refractivity contribution < 1.29 is 4.79 Å². The first-order chi connectivity index (χ1) is 8.11. The number of carbonyl (C=O) groups is 1. The lowest BCUT2D eigenvalue weighted by Gasteiger charge is -2.02. The molecule has 0 aliphatic carbocycles. The zero-order chi connectivity index (χ0) is 12.4. The summed E-state index contributed by atoms with van der Waals surface area (Å²) < 4.78 is 0. The van der Waals surface area contributed by atoms with E-state index in [0.29, 0.717) is 6.42 Å². The molecule has 0 atom stereocenters. The van der Waals surface area contributed by atoms with Crippen molar-refractivity contribution in [1.29, 1.82) is 0 Å². The van der Waals surface area contributed by atoms with Crippen LogP contribution in [-0.2, 0) is 0 Å². The van der Waals surface area contributed by atoms with Gasteiger partial charge in [0, 0.05) is 11.3 Å². The Labute approximate surface area is 106 Å². The molecule has 0 amide bonds. The molecule has 0 saturated heterocycles. The van der Waals surface area contributed by atoms with Crippen molar-refractivity contribution in [2.75, 3.05) is 0 Å². The third-order valence-corrected chi connectivity index (χ3v) is 4.17. The number of hydrogen-bond donors (Lipinski definition) is 0. The maximum Gasteiger partial charge on any atom is 0.172 e. The Morgan fingerprint density at radius 1 is 1.12 bits per heavy atom. The maximum absolute atomic E-state index is 11.6. The normalized spacial score (nSPS) is 10.5. The number of aryl methyl sites for hydroxylation is 2. The van der Waals surface area contributed by atoms with Crippen LogP contribution in [0.5, 0.6) is 0 Å². The van der Waals surface area contributed by atoms with Crippen molar-refractivity contribution in [1.82, 2.24) is 0 Å². The maximum atomic E-state index is 11.6. The van der Waals surface area contributed by atoms with E-state index in [0.717, 1.165) is 4.88 Å². The summed E-state index contributed by atoms with van der Waals surface area (Å²) >= 11 is 1.58. The van der Waals surface area contributed by atoms with Crippen LogP contribution in [0.1, 0.15) is 34.1 Å². The molecule has 0 saturated carbocycles. The Balaban J connectivity index is 2.37. The average molecular weight is 244 g/mol. The molecule has 0 aliphatic rings. The van der Waals surface area contributed by atoms with E-state index in [9.17, 15) is 4.79 Å². The highest BCUT2D eigenvalue weighted by atomic mass is 32.1. The minimum absolute atomic E-state index is 0.227. The molecule has 0 spiro atoms. The Hall–Kier alpha value is -1.41. The second-order valence-corrected chi connectivity index (χ2v) is 5.32. The highest BCUT2D eigenvalue weighted by molar-refractivity contribution is 7.17. The molecule has 0 aliphatic heterocycles. The molecule has 2 rings (SSSR count). The lowest BCUT2D eigenvalue weighted by molar-refractivity contribution is 0.0992.